The van der Waals surface area contributed by atoms with Crippen molar-refractivity contribution in [2.45, 2.75) is 115 Å². The van der Waals surface area contributed by atoms with Crippen molar-refractivity contribution in [2.75, 3.05) is 18.9 Å². The summed E-state index contributed by atoms with van der Waals surface area (Å²) in [5, 5.41) is 18.1. The molecule has 0 saturated carbocycles. The molecule has 2 fully saturated rings. The zero-order valence-electron chi connectivity index (χ0n) is 32.3. The van der Waals surface area contributed by atoms with Crippen molar-refractivity contribution in [3.05, 3.63) is 89.9 Å². The van der Waals surface area contributed by atoms with Crippen LogP contribution in [0.4, 0.5) is 5.82 Å². The fourth-order valence-corrected chi connectivity index (χ4v) is 8.41. The molecule has 4 heterocycles. The average molecular weight is 775 g/mol. The van der Waals surface area contributed by atoms with Crippen LogP contribution >= 0.6 is 7.75 Å². The van der Waals surface area contributed by atoms with E-state index in [-0.39, 0.29) is 36.6 Å². The number of anilines is 1. The molecule has 14 nitrogen and oxygen atoms in total. The van der Waals surface area contributed by atoms with Crippen molar-refractivity contribution >= 4 is 25.1 Å². The van der Waals surface area contributed by atoms with E-state index >= 15 is 4.57 Å². The first-order valence-electron chi connectivity index (χ1n) is 18.7. The van der Waals surface area contributed by atoms with Crippen LogP contribution in [-0.2, 0) is 50.3 Å². The van der Waals surface area contributed by atoms with Crippen molar-refractivity contribution in [3.63, 3.8) is 0 Å². The van der Waals surface area contributed by atoms with Gasteiger partial charge in [0.15, 0.2) is 11.6 Å². The van der Waals surface area contributed by atoms with E-state index in [4.69, 9.17) is 33.7 Å². The monoisotopic (exact) mass is 774 g/mol. The molecule has 1 unspecified atom stereocenters. The van der Waals surface area contributed by atoms with Gasteiger partial charge in [0.25, 0.3) is 0 Å². The lowest BCUT2D eigenvalue weighted by atomic mass is 9.87. The van der Waals surface area contributed by atoms with Crippen molar-refractivity contribution < 1.29 is 37.4 Å². The van der Waals surface area contributed by atoms with Gasteiger partial charge < -0.3 is 29.2 Å². The SMILES string of the molecule is CCCCCCOC(=O)[C@H](Cc1ccccc1)NP(=O)(OC[C@H]1O[C@@](C#N)(c2ccc3c(N)ncnn23)[C@@H]2OC(C)(C)O[C@@H]21)Oc1ccc(C(C)(C)C)cc1. The van der Waals surface area contributed by atoms with E-state index in [1.807, 2.05) is 42.5 Å². The van der Waals surface area contributed by atoms with Gasteiger partial charge in [-0.15, -0.1) is 0 Å². The van der Waals surface area contributed by atoms with Gasteiger partial charge in [-0.1, -0.05) is 89.4 Å². The molecule has 294 valence electrons. The molecular weight excluding hydrogens is 723 g/mol. The number of rotatable bonds is 16. The van der Waals surface area contributed by atoms with Crippen LogP contribution in [0.5, 0.6) is 5.75 Å². The Hall–Kier alpha value is -4.35. The van der Waals surface area contributed by atoms with Crippen LogP contribution in [0, 0.1) is 11.3 Å². The zero-order chi connectivity index (χ0) is 39.4. The van der Waals surface area contributed by atoms with Crippen LogP contribution in [0.1, 0.15) is 84.0 Å². The van der Waals surface area contributed by atoms with Gasteiger partial charge in [-0.2, -0.15) is 15.4 Å². The number of hydrogen-bond donors (Lipinski definition) is 2. The normalized spacial score (nSPS) is 23.5. The summed E-state index contributed by atoms with van der Waals surface area (Å²) >= 11 is 0. The minimum atomic E-state index is -4.42. The summed E-state index contributed by atoms with van der Waals surface area (Å²) in [6.45, 7) is 11.7. The molecule has 6 rings (SSSR count). The molecule has 0 bridgehead atoms. The maximum absolute atomic E-state index is 15.0. The maximum Gasteiger partial charge on any atom is 0.459 e. The summed E-state index contributed by atoms with van der Waals surface area (Å²) < 4.78 is 53.8. The average Bonchev–Trinajstić information content (AvgIpc) is 3.81. The molecule has 0 radical (unpaired) electrons. The van der Waals surface area contributed by atoms with Crippen molar-refractivity contribution in [2.24, 2.45) is 0 Å². The Bertz CT molecular complexity index is 2030. The predicted octanol–water partition coefficient (Wildman–Crippen LogP) is 6.77. The minimum Gasteiger partial charge on any atom is -0.465 e. The van der Waals surface area contributed by atoms with Crippen LogP contribution in [0.15, 0.2) is 73.1 Å². The standard InChI is InChI=1S/C40H51N6O8P/c1-7-8-9-13-22-49-37(47)30(23-27-14-11-10-12-15-27)45-55(48,54-29-18-16-28(17-19-29)38(2,3)4)50-24-32-34-35(53-39(5,6)52-34)40(25-41,51-32)33-21-20-31-36(42)43-26-44-46(31)33/h10-12,14-21,26,30,32,34-35H,7-9,13,22-24H2,1-6H3,(H,45,48)(H2,42,43,44)/t30-,32+,34+,35+,40-,55?/m0/s1. The molecule has 2 saturated heterocycles. The van der Waals surface area contributed by atoms with Gasteiger partial charge in [-0.3, -0.25) is 9.32 Å². The Kier molecular flexibility index (Phi) is 12.0. The summed E-state index contributed by atoms with van der Waals surface area (Å²) in [5.41, 5.74) is 6.92. The van der Waals surface area contributed by atoms with Crippen molar-refractivity contribution in [1.82, 2.24) is 19.7 Å². The van der Waals surface area contributed by atoms with E-state index < -0.39 is 49.5 Å². The highest BCUT2D eigenvalue weighted by Gasteiger charge is 2.65. The van der Waals surface area contributed by atoms with E-state index in [1.54, 1.807) is 38.1 Å². The van der Waals surface area contributed by atoms with Gasteiger partial charge in [-0.05, 0) is 67.5 Å². The second kappa shape index (κ2) is 16.4. The van der Waals surface area contributed by atoms with Crippen LogP contribution in [0.3, 0.4) is 0 Å². The van der Waals surface area contributed by atoms with Crippen LogP contribution in [0.25, 0.3) is 5.52 Å². The molecule has 2 aliphatic heterocycles. The van der Waals surface area contributed by atoms with Gasteiger partial charge in [-0.25, -0.2) is 14.1 Å². The number of nitrogens with one attached hydrogen (secondary N) is 1. The molecule has 2 aromatic heterocycles. The van der Waals surface area contributed by atoms with E-state index in [1.165, 1.54) is 10.8 Å². The summed E-state index contributed by atoms with van der Waals surface area (Å²) in [6, 6.07) is 21.1. The molecule has 6 atom stereocenters. The summed E-state index contributed by atoms with van der Waals surface area (Å²) in [6.07, 6.45) is 2.36. The van der Waals surface area contributed by atoms with Gasteiger partial charge in [0.05, 0.1) is 18.9 Å². The fourth-order valence-electron chi connectivity index (χ4n) is 6.91. The number of hydrogen-bond acceptors (Lipinski definition) is 12. The third-order valence-corrected chi connectivity index (χ3v) is 11.3. The minimum absolute atomic E-state index is 0.136. The Balaban J connectivity index is 1.31. The van der Waals surface area contributed by atoms with Crippen molar-refractivity contribution in [3.8, 4) is 11.8 Å². The molecular formula is C40H51N6O8P. The highest BCUT2D eigenvalue weighted by atomic mass is 31.2. The number of unbranched alkanes of at least 4 members (excludes halogenated alkanes) is 3. The number of nitriles is 1. The molecule has 0 spiro atoms. The first-order valence-corrected chi connectivity index (χ1v) is 20.3. The van der Waals surface area contributed by atoms with Gasteiger partial charge in [0.2, 0.25) is 5.60 Å². The zero-order valence-corrected chi connectivity index (χ0v) is 33.2. The fraction of sp³-hybridized carbons (Fsp3) is 0.500. The summed E-state index contributed by atoms with van der Waals surface area (Å²) in [5.74, 6) is -1.22. The summed E-state index contributed by atoms with van der Waals surface area (Å²) in [7, 11) is -4.42. The van der Waals surface area contributed by atoms with E-state index in [0.717, 1.165) is 30.4 Å². The van der Waals surface area contributed by atoms with Gasteiger partial charge in [0.1, 0.15) is 48.0 Å². The van der Waals surface area contributed by atoms with Crippen LogP contribution in [-0.4, -0.2) is 63.9 Å². The maximum atomic E-state index is 15.0. The molecule has 55 heavy (non-hydrogen) atoms. The lowest BCUT2D eigenvalue weighted by molar-refractivity contribution is -0.204. The Morgan fingerprint density at radius 3 is 2.49 bits per heavy atom. The number of nitrogens with two attached hydrogens (primary N) is 1. The number of esters is 1. The first kappa shape index (κ1) is 40.3. The number of benzene rings is 2. The van der Waals surface area contributed by atoms with Crippen LogP contribution < -0.4 is 15.3 Å². The smallest absolute Gasteiger partial charge is 0.459 e. The lowest BCUT2D eigenvalue weighted by Gasteiger charge is -2.29. The second-order valence-corrected chi connectivity index (χ2v) is 17.1. The first-order chi connectivity index (χ1) is 26.2. The van der Waals surface area contributed by atoms with Crippen molar-refractivity contribution in [1.29, 1.82) is 5.26 Å². The number of ether oxygens (including phenoxy) is 4. The predicted molar refractivity (Wildman–Crippen MR) is 205 cm³/mol. The number of fused-ring (bicyclic) bond motifs is 2. The Morgan fingerprint density at radius 2 is 1.80 bits per heavy atom. The van der Waals surface area contributed by atoms with Gasteiger partial charge >= 0.3 is 13.7 Å². The number of carbonyl (C=O) groups excluding carboxylic acids is 1. The molecule has 0 amide bonds. The third kappa shape index (κ3) is 9.04. The van der Waals surface area contributed by atoms with E-state index in [9.17, 15) is 10.1 Å². The molecule has 3 N–H and O–H groups in total. The third-order valence-electron chi connectivity index (χ3n) is 9.74. The molecule has 0 aliphatic carbocycles. The largest absolute Gasteiger partial charge is 0.465 e. The number of carbonyl (C=O) groups is 1. The van der Waals surface area contributed by atoms with E-state index in [2.05, 4.69) is 48.9 Å². The molecule has 2 aromatic carbocycles. The number of nitrogens with zero attached hydrogens (tertiary/aromatic N) is 4. The highest BCUT2D eigenvalue weighted by molar-refractivity contribution is 7.52. The quantitative estimate of drug-likeness (QED) is 0.0692. The summed E-state index contributed by atoms with van der Waals surface area (Å²) in [4.78, 5) is 17.8. The van der Waals surface area contributed by atoms with E-state index in [0.29, 0.717) is 17.6 Å². The Labute approximate surface area is 322 Å². The Morgan fingerprint density at radius 1 is 1.05 bits per heavy atom. The number of nitrogen functional groups attached to an aromatic ring is 1. The highest BCUT2D eigenvalue weighted by Crippen LogP contribution is 2.52. The topological polar surface area (TPSA) is 182 Å². The second-order valence-electron chi connectivity index (χ2n) is 15.4. The molecule has 2 aliphatic rings. The van der Waals surface area contributed by atoms with Gasteiger partial charge in [0, 0.05) is 0 Å². The lowest BCUT2D eigenvalue weighted by Crippen LogP contribution is -2.41. The molecule has 4 aromatic rings. The molecule has 15 heteroatoms. The van der Waals surface area contributed by atoms with Crippen LogP contribution in [0.2, 0.25) is 0 Å². The number of aromatic nitrogens is 3.